The normalized spacial score (nSPS) is 12.1. The van der Waals surface area contributed by atoms with Crippen LogP contribution in [0, 0.1) is 0 Å². The Balaban J connectivity index is 2.08. The Hall–Kier alpha value is -3.27. The highest BCUT2D eigenvalue weighted by Crippen LogP contribution is 2.26. The van der Waals surface area contributed by atoms with Crippen molar-refractivity contribution in [3.63, 3.8) is 0 Å². The zero-order valence-electron chi connectivity index (χ0n) is 22.8. The van der Waals surface area contributed by atoms with Crippen molar-refractivity contribution in [3.8, 4) is 5.75 Å². The molecule has 0 aliphatic rings. The lowest BCUT2D eigenvalue weighted by atomic mass is 10.0. The molecule has 0 unspecified atom stereocenters. The number of benzene rings is 3. The van der Waals surface area contributed by atoms with Gasteiger partial charge in [0, 0.05) is 25.1 Å². The van der Waals surface area contributed by atoms with Gasteiger partial charge in [0.1, 0.15) is 18.3 Å². The minimum atomic E-state index is -3.89. The summed E-state index contributed by atoms with van der Waals surface area (Å²) >= 11 is 12.4. The van der Waals surface area contributed by atoms with Gasteiger partial charge in [-0.15, -0.1) is 0 Å². The molecule has 3 rings (SSSR count). The number of amides is 2. The highest BCUT2D eigenvalue weighted by atomic mass is 35.5. The Morgan fingerprint density at radius 3 is 2.23 bits per heavy atom. The van der Waals surface area contributed by atoms with Crippen LogP contribution in [0.4, 0.5) is 5.69 Å². The quantitative estimate of drug-likeness (QED) is 0.316. The van der Waals surface area contributed by atoms with E-state index in [9.17, 15) is 18.0 Å². The fraction of sp³-hybridized carbons (Fsp3) is 0.310. The number of methoxy groups -OCH3 is 1. The van der Waals surface area contributed by atoms with Crippen LogP contribution >= 0.6 is 23.2 Å². The van der Waals surface area contributed by atoms with Gasteiger partial charge in [0.05, 0.1) is 29.1 Å². The van der Waals surface area contributed by atoms with Gasteiger partial charge in [0.25, 0.3) is 0 Å². The third-order valence-corrected chi connectivity index (χ3v) is 7.94. The molecule has 1 atom stereocenters. The summed E-state index contributed by atoms with van der Waals surface area (Å²) in [5.74, 6) is -0.497. The largest absolute Gasteiger partial charge is 0.497 e. The van der Waals surface area contributed by atoms with Crippen molar-refractivity contribution in [2.24, 2.45) is 0 Å². The van der Waals surface area contributed by atoms with Gasteiger partial charge in [0.15, 0.2) is 0 Å². The number of halogens is 2. The average Bonchev–Trinajstić information content (AvgIpc) is 2.90. The summed E-state index contributed by atoms with van der Waals surface area (Å²) in [7, 11) is -2.42. The van der Waals surface area contributed by atoms with Gasteiger partial charge >= 0.3 is 0 Å². The van der Waals surface area contributed by atoms with Crippen LogP contribution in [0.1, 0.15) is 25.0 Å². The average molecular weight is 607 g/mol. The van der Waals surface area contributed by atoms with Gasteiger partial charge in [-0.3, -0.25) is 13.9 Å². The Bertz CT molecular complexity index is 1430. The molecule has 0 fully saturated rings. The molecule has 0 saturated heterocycles. The molecular weight excluding hydrogens is 573 g/mol. The number of rotatable bonds is 12. The van der Waals surface area contributed by atoms with Crippen molar-refractivity contribution < 1.29 is 22.7 Å². The van der Waals surface area contributed by atoms with Crippen LogP contribution < -0.4 is 14.4 Å². The van der Waals surface area contributed by atoms with Gasteiger partial charge in [-0.1, -0.05) is 65.7 Å². The minimum absolute atomic E-state index is 0.00551. The minimum Gasteiger partial charge on any atom is -0.497 e. The second-order valence-electron chi connectivity index (χ2n) is 9.61. The second kappa shape index (κ2) is 13.9. The van der Waals surface area contributed by atoms with Gasteiger partial charge in [-0.25, -0.2) is 8.42 Å². The Morgan fingerprint density at radius 2 is 1.62 bits per heavy atom. The lowest BCUT2D eigenvalue weighted by Crippen LogP contribution is -2.54. The second-order valence-corrected chi connectivity index (χ2v) is 12.3. The van der Waals surface area contributed by atoms with Crippen LogP contribution in [0.2, 0.25) is 10.0 Å². The van der Waals surface area contributed by atoms with E-state index in [2.05, 4.69) is 5.32 Å². The molecule has 0 aliphatic heterocycles. The number of anilines is 1. The molecule has 2 amide bonds. The molecular formula is C29H33Cl2N3O5S. The predicted octanol–water partition coefficient (Wildman–Crippen LogP) is 4.93. The molecule has 3 aromatic rings. The lowest BCUT2D eigenvalue weighted by molar-refractivity contribution is -0.140. The van der Waals surface area contributed by atoms with E-state index in [1.54, 1.807) is 36.4 Å². The van der Waals surface area contributed by atoms with Crippen LogP contribution in [0.5, 0.6) is 5.75 Å². The summed E-state index contributed by atoms with van der Waals surface area (Å²) in [6, 6.07) is 19.6. The molecule has 0 saturated carbocycles. The van der Waals surface area contributed by atoms with E-state index in [4.69, 9.17) is 27.9 Å². The third-order valence-electron chi connectivity index (χ3n) is 6.06. The van der Waals surface area contributed by atoms with Crippen molar-refractivity contribution in [1.29, 1.82) is 0 Å². The van der Waals surface area contributed by atoms with E-state index in [-0.39, 0.29) is 30.6 Å². The maximum absolute atomic E-state index is 14.1. The summed E-state index contributed by atoms with van der Waals surface area (Å²) < 4.78 is 32.0. The first-order chi connectivity index (χ1) is 18.9. The maximum atomic E-state index is 14.1. The van der Waals surface area contributed by atoms with Gasteiger partial charge < -0.3 is 15.0 Å². The molecule has 0 aromatic heterocycles. The van der Waals surface area contributed by atoms with Crippen molar-refractivity contribution in [1.82, 2.24) is 10.2 Å². The first-order valence-electron chi connectivity index (χ1n) is 12.6. The van der Waals surface area contributed by atoms with Gasteiger partial charge in [-0.2, -0.15) is 0 Å². The lowest BCUT2D eigenvalue weighted by Gasteiger charge is -2.34. The van der Waals surface area contributed by atoms with E-state index in [0.29, 0.717) is 21.4 Å². The van der Waals surface area contributed by atoms with Crippen LogP contribution in [0.25, 0.3) is 0 Å². The molecule has 0 heterocycles. The molecule has 1 N–H and O–H groups in total. The number of carbonyl (C=O) groups is 2. The summed E-state index contributed by atoms with van der Waals surface area (Å²) in [5.41, 5.74) is 1.73. The zero-order valence-corrected chi connectivity index (χ0v) is 25.1. The fourth-order valence-electron chi connectivity index (χ4n) is 4.15. The molecule has 11 heteroatoms. The van der Waals surface area contributed by atoms with Crippen LogP contribution in [-0.4, -0.2) is 57.1 Å². The highest BCUT2D eigenvalue weighted by molar-refractivity contribution is 7.92. The smallest absolute Gasteiger partial charge is 0.244 e. The molecule has 0 aliphatic carbocycles. The fourth-order valence-corrected chi connectivity index (χ4v) is 5.31. The third kappa shape index (κ3) is 8.61. The molecule has 0 bridgehead atoms. The highest BCUT2D eigenvalue weighted by Gasteiger charge is 2.33. The monoisotopic (exact) mass is 605 g/mol. The van der Waals surface area contributed by atoms with E-state index in [0.717, 1.165) is 16.1 Å². The molecule has 3 aromatic carbocycles. The van der Waals surface area contributed by atoms with Crippen LogP contribution in [0.3, 0.4) is 0 Å². The van der Waals surface area contributed by atoms with E-state index in [1.807, 2.05) is 44.2 Å². The van der Waals surface area contributed by atoms with E-state index < -0.39 is 28.5 Å². The maximum Gasteiger partial charge on any atom is 0.244 e. The predicted molar refractivity (Wildman–Crippen MR) is 159 cm³/mol. The van der Waals surface area contributed by atoms with Crippen molar-refractivity contribution >= 4 is 50.7 Å². The Kier molecular flexibility index (Phi) is 10.8. The number of nitrogens with zero attached hydrogens (tertiary/aromatic N) is 2. The van der Waals surface area contributed by atoms with Crippen molar-refractivity contribution in [3.05, 3.63) is 94.0 Å². The summed E-state index contributed by atoms with van der Waals surface area (Å²) in [4.78, 5) is 29.0. The zero-order chi connectivity index (χ0) is 29.4. The summed E-state index contributed by atoms with van der Waals surface area (Å²) in [5, 5.41) is 3.55. The molecule has 40 heavy (non-hydrogen) atoms. The standard InChI is InChI=1S/C29H33Cl2N3O5S/c1-20(2)32-29(36)27(16-21-9-6-5-7-10-21)33(18-22-13-14-25(30)26(31)15-22)28(35)19-34(40(4,37)38)23-11-8-12-24(17-23)39-3/h5-15,17,20,27H,16,18-19H2,1-4H3,(H,32,36)/t27-/m1/s1. The van der Waals surface area contributed by atoms with Gasteiger partial charge in [-0.05, 0) is 49.2 Å². The number of nitrogens with one attached hydrogen (secondary N) is 1. The number of ether oxygens (including phenoxy) is 1. The number of hydrogen-bond donors (Lipinski definition) is 1. The molecule has 0 radical (unpaired) electrons. The van der Waals surface area contributed by atoms with Crippen molar-refractivity contribution in [2.45, 2.75) is 38.9 Å². The topological polar surface area (TPSA) is 96.0 Å². The van der Waals surface area contributed by atoms with Crippen LogP contribution in [0.15, 0.2) is 72.8 Å². The number of sulfonamides is 1. The summed E-state index contributed by atoms with van der Waals surface area (Å²) in [6.07, 6.45) is 1.24. The van der Waals surface area contributed by atoms with E-state index in [1.165, 1.54) is 18.1 Å². The first kappa shape index (κ1) is 31.3. The first-order valence-corrected chi connectivity index (χ1v) is 15.2. The Morgan fingerprint density at radius 1 is 0.925 bits per heavy atom. The van der Waals surface area contributed by atoms with E-state index >= 15 is 0 Å². The molecule has 0 spiro atoms. The Labute approximate surface area is 245 Å². The SMILES string of the molecule is COc1cccc(N(CC(=O)N(Cc2ccc(Cl)c(Cl)c2)[C@H](Cc2ccccc2)C(=O)NC(C)C)S(C)(=O)=O)c1. The summed E-state index contributed by atoms with van der Waals surface area (Å²) in [6.45, 7) is 3.12. The van der Waals surface area contributed by atoms with Gasteiger partial charge in [0.2, 0.25) is 21.8 Å². The van der Waals surface area contributed by atoms with Crippen molar-refractivity contribution in [2.75, 3.05) is 24.2 Å². The molecule has 214 valence electrons. The number of carbonyl (C=O) groups excluding carboxylic acids is 2. The van der Waals surface area contributed by atoms with Crippen LogP contribution in [-0.2, 0) is 32.6 Å². The molecule has 8 nitrogen and oxygen atoms in total. The number of hydrogen-bond acceptors (Lipinski definition) is 5.